The number of hydrogen-bond donors (Lipinski definition) is 0. The van der Waals surface area contributed by atoms with Crippen molar-refractivity contribution in [2.45, 2.75) is 52.4 Å². The van der Waals surface area contributed by atoms with Gasteiger partial charge in [0.05, 0.1) is 0 Å². The highest BCUT2D eigenvalue weighted by molar-refractivity contribution is 9.09. The van der Waals surface area contributed by atoms with Gasteiger partial charge in [-0.3, -0.25) is 0 Å². The molecule has 0 aliphatic heterocycles. The van der Waals surface area contributed by atoms with Gasteiger partial charge in [-0.2, -0.15) is 0 Å². The lowest BCUT2D eigenvalue weighted by Gasteiger charge is -2.05. The minimum atomic E-state index is 0.872. The Hall–Kier alpha value is 0.480. The molecule has 11 heavy (non-hydrogen) atoms. The van der Waals surface area contributed by atoms with E-state index in [1.807, 2.05) is 0 Å². The fourth-order valence-corrected chi connectivity index (χ4v) is 1.50. The normalized spacial score (nSPS) is 13.4. The molecular formula is C10H21Br. The largest absolute Gasteiger partial charge is 0.0925 e. The van der Waals surface area contributed by atoms with E-state index in [0.717, 1.165) is 5.92 Å². The van der Waals surface area contributed by atoms with Crippen LogP contribution in [-0.4, -0.2) is 5.33 Å². The molecule has 1 heteroatoms. The molecule has 0 aliphatic carbocycles. The molecule has 0 aliphatic rings. The Morgan fingerprint density at radius 3 is 2.27 bits per heavy atom. The van der Waals surface area contributed by atoms with Gasteiger partial charge in [0, 0.05) is 5.33 Å². The van der Waals surface area contributed by atoms with E-state index in [9.17, 15) is 0 Å². The zero-order valence-electron chi connectivity index (χ0n) is 7.91. The van der Waals surface area contributed by atoms with Crippen molar-refractivity contribution in [3.05, 3.63) is 0 Å². The average Bonchev–Trinajstić information content (AvgIpc) is 2.04. The van der Waals surface area contributed by atoms with Crippen LogP contribution in [0.25, 0.3) is 0 Å². The molecule has 0 bridgehead atoms. The summed E-state index contributed by atoms with van der Waals surface area (Å²) >= 11 is 3.50. The van der Waals surface area contributed by atoms with Crippen LogP contribution in [0, 0.1) is 5.92 Å². The first-order chi connectivity index (χ1) is 5.31. The summed E-state index contributed by atoms with van der Waals surface area (Å²) < 4.78 is 0. The minimum absolute atomic E-state index is 0.872. The summed E-state index contributed by atoms with van der Waals surface area (Å²) in [6, 6.07) is 0. The highest BCUT2D eigenvalue weighted by atomic mass is 79.9. The van der Waals surface area contributed by atoms with Crippen LogP contribution in [0.4, 0.5) is 0 Å². The van der Waals surface area contributed by atoms with Gasteiger partial charge < -0.3 is 0 Å². The van der Waals surface area contributed by atoms with E-state index in [2.05, 4.69) is 29.8 Å². The molecule has 1 unspecified atom stereocenters. The van der Waals surface area contributed by atoms with Gasteiger partial charge in [-0.15, -0.1) is 0 Å². The van der Waals surface area contributed by atoms with E-state index in [0.29, 0.717) is 0 Å². The summed E-state index contributed by atoms with van der Waals surface area (Å²) in [5.41, 5.74) is 0. The quantitative estimate of drug-likeness (QED) is 0.442. The molecule has 0 fully saturated rings. The number of halogens is 1. The summed E-state index contributed by atoms with van der Waals surface area (Å²) in [4.78, 5) is 0. The molecule has 0 radical (unpaired) electrons. The average molecular weight is 221 g/mol. The first kappa shape index (κ1) is 11.5. The van der Waals surface area contributed by atoms with Gasteiger partial charge in [-0.1, -0.05) is 61.9 Å². The Morgan fingerprint density at radius 2 is 1.73 bits per heavy atom. The van der Waals surface area contributed by atoms with E-state index in [1.54, 1.807) is 0 Å². The van der Waals surface area contributed by atoms with Crippen molar-refractivity contribution in [1.82, 2.24) is 0 Å². The predicted molar refractivity (Wildman–Crippen MR) is 56.3 cm³/mol. The summed E-state index contributed by atoms with van der Waals surface area (Å²) in [6.45, 7) is 4.58. The van der Waals surface area contributed by atoms with Gasteiger partial charge in [0.15, 0.2) is 0 Å². The molecule has 0 aromatic carbocycles. The van der Waals surface area contributed by atoms with Crippen LogP contribution in [0.5, 0.6) is 0 Å². The number of rotatable bonds is 7. The SMILES string of the molecule is CCCCCCCC(C)CBr. The molecule has 0 saturated carbocycles. The fraction of sp³-hybridized carbons (Fsp3) is 1.00. The third-order valence-corrected chi connectivity index (χ3v) is 3.17. The lowest BCUT2D eigenvalue weighted by Crippen LogP contribution is -1.94. The van der Waals surface area contributed by atoms with Crippen molar-refractivity contribution >= 4 is 15.9 Å². The predicted octanol–water partition coefficient (Wildman–Crippen LogP) is 4.38. The monoisotopic (exact) mass is 220 g/mol. The Labute approximate surface area is 79.9 Å². The Morgan fingerprint density at radius 1 is 1.09 bits per heavy atom. The third-order valence-electron chi connectivity index (χ3n) is 2.06. The van der Waals surface area contributed by atoms with Gasteiger partial charge in [0.25, 0.3) is 0 Å². The Kier molecular flexibility index (Phi) is 8.95. The maximum Gasteiger partial charge on any atom is 0.00570 e. The molecule has 0 saturated heterocycles. The molecule has 0 N–H and O–H groups in total. The van der Waals surface area contributed by atoms with E-state index in [1.165, 1.54) is 43.9 Å². The third kappa shape index (κ3) is 8.39. The fourth-order valence-electron chi connectivity index (χ4n) is 1.17. The molecule has 0 aromatic rings. The van der Waals surface area contributed by atoms with E-state index < -0.39 is 0 Å². The molecule has 0 amide bonds. The van der Waals surface area contributed by atoms with Crippen molar-refractivity contribution in [2.24, 2.45) is 5.92 Å². The van der Waals surface area contributed by atoms with Crippen molar-refractivity contribution in [2.75, 3.05) is 5.33 Å². The summed E-state index contributed by atoms with van der Waals surface area (Å²) in [6.07, 6.45) is 8.47. The van der Waals surface area contributed by atoms with Crippen LogP contribution < -0.4 is 0 Å². The van der Waals surface area contributed by atoms with Gasteiger partial charge in [-0.25, -0.2) is 0 Å². The lowest BCUT2D eigenvalue weighted by molar-refractivity contribution is 0.526. The topological polar surface area (TPSA) is 0 Å². The van der Waals surface area contributed by atoms with Crippen LogP contribution >= 0.6 is 15.9 Å². The molecule has 1 atom stereocenters. The summed E-state index contributed by atoms with van der Waals surface area (Å²) in [5.74, 6) is 0.872. The zero-order valence-corrected chi connectivity index (χ0v) is 9.49. The van der Waals surface area contributed by atoms with Crippen molar-refractivity contribution < 1.29 is 0 Å². The Bertz CT molecular complexity index is 71.3. The number of alkyl halides is 1. The van der Waals surface area contributed by atoms with E-state index in [-0.39, 0.29) is 0 Å². The number of hydrogen-bond acceptors (Lipinski definition) is 0. The minimum Gasteiger partial charge on any atom is -0.0925 e. The second-order valence-electron chi connectivity index (χ2n) is 3.46. The van der Waals surface area contributed by atoms with Crippen LogP contribution in [-0.2, 0) is 0 Å². The molecule has 0 heterocycles. The van der Waals surface area contributed by atoms with Crippen LogP contribution in [0.1, 0.15) is 52.4 Å². The first-order valence-electron chi connectivity index (χ1n) is 4.87. The van der Waals surface area contributed by atoms with Gasteiger partial charge in [-0.05, 0) is 12.3 Å². The van der Waals surface area contributed by atoms with Gasteiger partial charge in [0.1, 0.15) is 0 Å². The molecule has 0 aromatic heterocycles. The second-order valence-corrected chi connectivity index (χ2v) is 4.11. The summed E-state index contributed by atoms with van der Waals surface area (Å²) in [7, 11) is 0. The highest BCUT2D eigenvalue weighted by Gasteiger charge is 1.97. The van der Waals surface area contributed by atoms with Crippen molar-refractivity contribution in [3.63, 3.8) is 0 Å². The number of unbranched alkanes of at least 4 members (excludes halogenated alkanes) is 4. The maximum atomic E-state index is 3.50. The van der Waals surface area contributed by atoms with Crippen molar-refractivity contribution in [1.29, 1.82) is 0 Å². The first-order valence-corrected chi connectivity index (χ1v) is 5.99. The molecular weight excluding hydrogens is 200 g/mol. The lowest BCUT2D eigenvalue weighted by atomic mass is 10.0. The molecule has 0 nitrogen and oxygen atoms in total. The molecule has 0 spiro atoms. The molecule has 68 valence electrons. The van der Waals surface area contributed by atoms with Crippen LogP contribution in [0.3, 0.4) is 0 Å². The van der Waals surface area contributed by atoms with Crippen LogP contribution in [0.15, 0.2) is 0 Å². The van der Waals surface area contributed by atoms with Gasteiger partial charge >= 0.3 is 0 Å². The smallest absolute Gasteiger partial charge is 0.00570 e. The summed E-state index contributed by atoms with van der Waals surface area (Å²) in [5, 5.41) is 1.17. The van der Waals surface area contributed by atoms with E-state index in [4.69, 9.17) is 0 Å². The standard InChI is InChI=1S/C10H21Br/c1-3-4-5-6-7-8-10(2)9-11/h10H,3-9H2,1-2H3. The Balaban J connectivity index is 2.89. The van der Waals surface area contributed by atoms with Crippen molar-refractivity contribution in [3.8, 4) is 0 Å². The maximum absolute atomic E-state index is 3.50. The molecule has 0 rings (SSSR count). The van der Waals surface area contributed by atoms with Gasteiger partial charge in [0.2, 0.25) is 0 Å². The second kappa shape index (κ2) is 8.58. The van der Waals surface area contributed by atoms with E-state index >= 15 is 0 Å². The zero-order chi connectivity index (χ0) is 8.53. The highest BCUT2D eigenvalue weighted by Crippen LogP contribution is 2.12. The van der Waals surface area contributed by atoms with Crippen LogP contribution in [0.2, 0.25) is 0 Å².